The van der Waals surface area contributed by atoms with E-state index in [1.165, 1.54) is 0 Å². The van der Waals surface area contributed by atoms with Crippen LogP contribution >= 0.6 is 23.2 Å². The summed E-state index contributed by atoms with van der Waals surface area (Å²) >= 11 is 12.2. The average molecular weight is 427 g/mol. The molecule has 0 saturated heterocycles. The molecule has 0 fully saturated rings. The lowest BCUT2D eigenvalue weighted by Crippen LogP contribution is -2.26. The van der Waals surface area contributed by atoms with E-state index in [0.29, 0.717) is 34.2 Å². The Labute approximate surface area is 179 Å². The fourth-order valence-electron chi connectivity index (χ4n) is 3.35. The number of aliphatic imine (C=N–C) groups is 1. The molecule has 0 spiro atoms. The van der Waals surface area contributed by atoms with Crippen molar-refractivity contribution < 1.29 is 4.74 Å². The Morgan fingerprint density at radius 2 is 1.59 bits per heavy atom. The molecular formula is C22H20Cl2N4O. The maximum atomic E-state index is 6.09. The molecule has 2 atom stereocenters. The summed E-state index contributed by atoms with van der Waals surface area (Å²) in [6.45, 7) is 4.28. The minimum Gasteiger partial charge on any atom is -0.477 e. The third-order valence-corrected chi connectivity index (χ3v) is 5.23. The SMILES string of the molecule is CCOc1nc(C)ncc1C1=NC(c2ccc(Cl)cc2)C(c2ccc(Cl)cc2)N1. The molecule has 0 aliphatic carbocycles. The lowest BCUT2D eigenvalue weighted by molar-refractivity contribution is 0.324. The molecule has 1 aromatic heterocycles. The zero-order valence-electron chi connectivity index (χ0n) is 16.1. The summed E-state index contributed by atoms with van der Waals surface area (Å²) in [7, 11) is 0. The number of rotatable bonds is 5. The molecule has 0 bridgehead atoms. The summed E-state index contributed by atoms with van der Waals surface area (Å²) < 4.78 is 5.74. The van der Waals surface area contributed by atoms with Gasteiger partial charge in [-0.1, -0.05) is 47.5 Å². The van der Waals surface area contributed by atoms with Crippen LogP contribution < -0.4 is 10.1 Å². The molecule has 2 heterocycles. The minimum absolute atomic E-state index is 0.0702. The third-order valence-electron chi connectivity index (χ3n) is 4.73. The number of ether oxygens (including phenoxy) is 1. The number of nitrogens with one attached hydrogen (secondary N) is 1. The summed E-state index contributed by atoms with van der Waals surface area (Å²) in [6.07, 6.45) is 1.75. The number of nitrogens with zero attached hydrogens (tertiary/aromatic N) is 3. The molecule has 148 valence electrons. The first-order valence-electron chi connectivity index (χ1n) is 9.37. The van der Waals surface area contributed by atoms with E-state index in [0.717, 1.165) is 16.7 Å². The second kappa shape index (κ2) is 8.39. The van der Waals surface area contributed by atoms with Gasteiger partial charge in [0.15, 0.2) is 0 Å². The quantitative estimate of drug-likeness (QED) is 0.599. The Morgan fingerprint density at radius 3 is 2.21 bits per heavy atom. The Bertz CT molecular complexity index is 1040. The molecule has 0 radical (unpaired) electrons. The van der Waals surface area contributed by atoms with Gasteiger partial charge in [0, 0.05) is 16.2 Å². The predicted molar refractivity (Wildman–Crippen MR) is 116 cm³/mol. The Morgan fingerprint density at radius 1 is 0.966 bits per heavy atom. The van der Waals surface area contributed by atoms with Crippen LogP contribution in [0.15, 0.2) is 59.7 Å². The summed E-state index contributed by atoms with van der Waals surface area (Å²) in [6, 6.07) is 15.3. The average Bonchev–Trinajstić information content (AvgIpc) is 3.14. The highest BCUT2D eigenvalue weighted by Crippen LogP contribution is 2.38. The summed E-state index contributed by atoms with van der Waals surface area (Å²) in [5.41, 5.74) is 2.88. The van der Waals surface area contributed by atoms with Gasteiger partial charge in [0.05, 0.1) is 18.2 Å². The molecular weight excluding hydrogens is 407 g/mol. The smallest absolute Gasteiger partial charge is 0.227 e. The highest BCUT2D eigenvalue weighted by atomic mass is 35.5. The van der Waals surface area contributed by atoms with E-state index in [1.54, 1.807) is 6.20 Å². The van der Waals surface area contributed by atoms with Crippen molar-refractivity contribution in [1.29, 1.82) is 0 Å². The topological polar surface area (TPSA) is 59.4 Å². The highest BCUT2D eigenvalue weighted by molar-refractivity contribution is 6.30. The zero-order chi connectivity index (χ0) is 20.4. The van der Waals surface area contributed by atoms with Crippen molar-refractivity contribution in [3.05, 3.63) is 87.3 Å². The lowest BCUT2D eigenvalue weighted by Gasteiger charge is -2.20. The molecule has 3 aromatic rings. The molecule has 5 nitrogen and oxygen atoms in total. The number of hydrogen-bond donors (Lipinski definition) is 1. The van der Waals surface area contributed by atoms with Gasteiger partial charge in [0.2, 0.25) is 5.88 Å². The largest absolute Gasteiger partial charge is 0.477 e. The fraction of sp³-hybridized carbons (Fsp3) is 0.227. The van der Waals surface area contributed by atoms with Crippen molar-refractivity contribution in [2.24, 2.45) is 4.99 Å². The van der Waals surface area contributed by atoms with Crippen LogP contribution in [0, 0.1) is 6.92 Å². The van der Waals surface area contributed by atoms with Crippen LogP contribution in [0.2, 0.25) is 10.0 Å². The van der Waals surface area contributed by atoms with Gasteiger partial charge in [-0.15, -0.1) is 0 Å². The molecule has 1 aliphatic heterocycles. The standard InChI is InChI=1S/C22H20Cl2N4O/c1-3-29-22-18(12-25-13(2)26-22)21-27-19(14-4-8-16(23)9-5-14)20(28-21)15-6-10-17(24)11-7-15/h4-12,19-20H,3H2,1-2H3,(H,27,28). The van der Waals surface area contributed by atoms with E-state index in [4.69, 9.17) is 32.9 Å². The third kappa shape index (κ3) is 4.21. The van der Waals surface area contributed by atoms with Crippen LogP contribution in [-0.2, 0) is 0 Å². The molecule has 4 rings (SSSR count). The van der Waals surface area contributed by atoms with E-state index >= 15 is 0 Å². The van der Waals surface area contributed by atoms with Crippen LogP contribution in [-0.4, -0.2) is 22.4 Å². The van der Waals surface area contributed by atoms with Gasteiger partial charge in [-0.3, -0.25) is 4.99 Å². The molecule has 2 aromatic carbocycles. The number of aryl methyl sites for hydroxylation is 1. The van der Waals surface area contributed by atoms with E-state index in [1.807, 2.05) is 62.4 Å². The minimum atomic E-state index is -0.140. The van der Waals surface area contributed by atoms with Gasteiger partial charge in [0.1, 0.15) is 17.7 Å². The molecule has 0 saturated carbocycles. The van der Waals surface area contributed by atoms with Gasteiger partial charge in [0.25, 0.3) is 0 Å². The maximum absolute atomic E-state index is 6.09. The summed E-state index contributed by atoms with van der Waals surface area (Å²) in [5, 5.41) is 4.93. The van der Waals surface area contributed by atoms with E-state index in [2.05, 4.69) is 15.3 Å². The van der Waals surface area contributed by atoms with E-state index < -0.39 is 0 Å². The van der Waals surface area contributed by atoms with Gasteiger partial charge in [-0.25, -0.2) is 4.98 Å². The van der Waals surface area contributed by atoms with Crippen LogP contribution in [0.5, 0.6) is 5.88 Å². The van der Waals surface area contributed by atoms with Gasteiger partial charge in [-0.2, -0.15) is 4.98 Å². The number of benzene rings is 2. The number of halogens is 2. The van der Waals surface area contributed by atoms with Gasteiger partial charge in [-0.05, 0) is 49.2 Å². The lowest BCUT2D eigenvalue weighted by atomic mass is 9.95. The van der Waals surface area contributed by atoms with Crippen molar-refractivity contribution in [2.75, 3.05) is 6.61 Å². The number of hydrogen-bond acceptors (Lipinski definition) is 5. The van der Waals surface area contributed by atoms with Crippen molar-refractivity contribution in [2.45, 2.75) is 25.9 Å². The van der Waals surface area contributed by atoms with Crippen LogP contribution in [0.1, 0.15) is 41.5 Å². The van der Waals surface area contributed by atoms with E-state index in [9.17, 15) is 0 Å². The molecule has 29 heavy (non-hydrogen) atoms. The molecule has 0 amide bonds. The van der Waals surface area contributed by atoms with Gasteiger partial charge >= 0.3 is 0 Å². The molecule has 2 unspecified atom stereocenters. The summed E-state index contributed by atoms with van der Waals surface area (Å²) in [4.78, 5) is 13.8. The number of aromatic nitrogens is 2. The van der Waals surface area contributed by atoms with E-state index in [-0.39, 0.29) is 12.1 Å². The molecule has 7 heteroatoms. The zero-order valence-corrected chi connectivity index (χ0v) is 17.6. The molecule has 1 N–H and O–H groups in total. The fourth-order valence-corrected chi connectivity index (χ4v) is 3.60. The normalized spacial score (nSPS) is 18.3. The Hall–Kier alpha value is -2.63. The first-order valence-corrected chi connectivity index (χ1v) is 10.1. The van der Waals surface area contributed by atoms with Crippen molar-refractivity contribution >= 4 is 29.0 Å². The van der Waals surface area contributed by atoms with Crippen molar-refractivity contribution in [1.82, 2.24) is 15.3 Å². The monoisotopic (exact) mass is 426 g/mol. The first kappa shape index (κ1) is 19.7. The second-order valence-electron chi connectivity index (χ2n) is 6.72. The van der Waals surface area contributed by atoms with Gasteiger partial charge < -0.3 is 10.1 Å². The van der Waals surface area contributed by atoms with Crippen LogP contribution in [0.25, 0.3) is 0 Å². The highest BCUT2D eigenvalue weighted by Gasteiger charge is 2.33. The van der Waals surface area contributed by atoms with Crippen LogP contribution in [0.3, 0.4) is 0 Å². The Kier molecular flexibility index (Phi) is 5.69. The second-order valence-corrected chi connectivity index (χ2v) is 7.59. The Balaban J connectivity index is 1.77. The maximum Gasteiger partial charge on any atom is 0.227 e. The predicted octanol–water partition coefficient (Wildman–Crippen LogP) is 5.32. The van der Waals surface area contributed by atoms with Crippen molar-refractivity contribution in [3.63, 3.8) is 0 Å². The van der Waals surface area contributed by atoms with Crippen molar-refractivity contribution in [3.8, 4) is 5.88 Å². The summed E-state index contributed by atoms with van der Waals surface area (Å²) in [5.74, 6) is 1.88. The number of amidine groups is 1. The first-order chi connectivity index (χ1) is 14.0. The molecule has 1 aliphatic rings. The van der Waals surface area contributed by atoms with Crippen LogP contribution in [0.4, 0.5) is 0 Å².